The van der Waals surface area contributed by atoms with Gasteiger partial charge in [0.05, 0.1) is 37.7 Å². The zero-order valence-electron chi connectivity index (χ0n) is 18.7. The van der Waals surface area contributed by atoms with Crippen molar-refractivity contribution in [2.75, 3.05) is 19.5 Å². The van der Waals surface area contributed by atoms with Gasteiger partial charge in [0.2, 0.25) is 0 Å². The van der Waals surface area contributed by atoms with E-state index in [0.29, 0.717) is 40.1 Å². The van der Waals surface area contributed by atoms with Crippen LogP contribution in [0, 0.1) is 13.8 Å². The summed E-state index contributed by atoms with van der Waals surface area (Å²) in [6.07, 6.45) is 0. The lowest BCUT2D eigenvalue weighted by molar-refractivity contribution is 0.102. The van der Waals surface area contributed by atoms with Crippen molar-refractivity contribution in [3.8, 4) is 22.8 Å². The Labute approximate surface area is 201 Å². The first-order valence-electron chi connectivity index (χ1n) is 10.2. The maximum Gasteiger partial charge on any atom is 0.262 e. The van der Waals surface area contributed by atoms with Crippen LogP contribution in [0.5, 0.6) is 11.5 Å². The third-order valence-electron chi connectivity index (χ3n) is 5.15. The van der Waals surface area contributed by atoms with Gasteiger partial charge >= 0.3 is 0 Å². The van der Waals surface area contributed by atoms with E-state index in [1.165, 1.54) is 16.9 Å². The third-order valence-corrected chi connectivity index (χ3v) is 6.29. The molecule has 0 aliphatic heterocycles. The van der Waals surface area contributed by atoms with Crippen LogP contribution in [-0.4, -0.2) is 34.9 Å². The molecule has 1 amide bonds. The minimum Gasteiger partial charge on any atom is -0.497 e. The molecule has 0 atom stereocenters. The summed E-state index contributed by atoms with van der Waals surface area (Å²) in [7, 11) is 3.20. The van der Waals surface area contributed by atoms with Gasteiger partial charge in [0.1, 0.15) is 16.7 Å². The Bertz CT molecular complexity index is 1300. The number of methoxy groups -OCH3 is 2. The molecule has 2 heterocycles. The normalized spacial score (nSPS) is 10.8. The molecule has 9 heteroatoms. The number of anilines is 1. The second-order valence-corrected chi connectivity index (χ2v) is 8.67. The van der Waals surface area contributed by atoms with Gasteiger partial charge in [0.25, 0.3) is 5.91 Å². The number of hydrogen-bond donors (Lipinski definition) is 1. The Balaban J connectivity index is 1.55. The van der Waals surface area contributed by atoms with E-state index in [2.05, 4.69) is 15.4 Å². The van der Waals surface area contributed by atoms with Crippen molar-refractivity contribution in [3.05, 3.63) is 75.4 Å². The number of rotatable bonds is 7. The maximum absolute atomic E-state index is 13.0. The molecule has 0 aliphatic rings. The van der Waals surface area contributed by atoms with Gasteiger partial charge < -0.3 is 9.47 Å². The fourth-order valence-corrected chi connectivity index (χ4v) is 4.44. The second kappa shape index (κ2) is 9.64. The molecule has 33 heavy (non-hydrogen) atoms. The van der Waals surface area contributed by atoms with E-state index in [0.717, 1.165) is 11.1 Å². The number of halogens is 1. The Morgan fingerprint density at radius 2 is 1.88 bits per heavy atom. The van der Waals surface area contributed by atoms with Crippen LogP contribution in [0.25, 0.3) is 11.3 Å². The predicted molar refractivity (Wildman–Crippen MR) is 131 cm³/mol. The summed E-state index contributed by atoms with van der Waals surface area (Å²) in [5.41, 5.74) is 4.55. The number of carbonyl (C=O) groups excluding carboxylic acids is 1. The molecule has 0 aliphatic carbocycles. The molecule has 2 aromatic carbocycles. The molecule has 4 aromatic rings. The number of benzene rings is 2. The average molecular weight is 483 g/mol. The minimum absolute atomic E-state index is 0.289. The Morgan fingerprint density at radius 3 is 2.58 bits per heavy atom. The smallest absolute Gasteiger partial charge is 0.262 e. The van der Waals surface area contributed by atoms with Crippen molar-refractivity contribution in [3.63, 3.8) is 0 Å². The monoisotopic (exact) mass is 482 g/mol. The van der Waals surface area contributed by atoms with Crippen molar-refractivity contribution in [2.45, 2.75) is 20.4 Å². The van der Waals surface area contributed by atoms with Gasteiger partial charge in [0.15, 0.2) is 5.13 Å². The van der Waals surface area contributed by atoms with Crippen LogP contribution in [0.2, 0.25) is 5.15 Å². The molecule has 0 spiro atoms. The lowest BCUT2D eigenvalue weighted by Crippen LogP contribution is -2.13. The summed E-state index contributed by atoms with van der Waals surface area (Å²) < 4.78 is 12.4. The number of thiazole rings is 1. The largest absolute Gasteiger partial charge is 0.497 e. The van der Waals surface area contributed by atoms with Gasteiger partial charge in [-0.05, 0) is 37.6 Å². The number of hydrogen-bond acceptors (Lipinski definition) is 6. The van der Waals surface area contributed by atoms with Gasteiger partial charge in [-0.15, -0.1) is 11.3 Å². The zero-order valence-corrected chi connectivity index (χ0v) is 20.3. The summed E-state index contributed by atoms with van der Waals surface area (Å²) in [4.78, 5) is 17.6. The van der Waals surface area contributed by atoms with Crippen molar-refractivity contribution >= 4 is 34.0 Å². The van der Waals surface area contributed by atoms with Gasteiger partial charge in [-0.1, -0.05) is 41.4 Å². The van der Waals surface area contributed by atoms with Crippen LogP contribution in [0.1, 0.15) is 27.2 Å². The molecular weight excluding hydrogens is 460 g/mol. The van der Waals surface area contributed by atoms with E-state index in [-0.39, 0.29) is 11.1 Å². The first kappa shape index (κ1) is 22.8. The van der Waals surface area contributed by atoms with Gasteiger partial charge in [-0.3, -0.25) is 10.1 Å². The number of amides is 1. The highest BCUT2D eigenvalue weighted by Crippen LogP contribution is 2.35. The van der Waals surface area contributed by atoms with Crippen molar-refractivity contribution in [1.29, 1.82) is 0 Å². The first-order valence-corrected chi connectivity index (χ1v) is 11.4. The van der Waals surface area contributed by atoms with Gasteiger partial charge in [-0.2, -0.15) is 5.10 Å². The average Bonchev–Trinajstić information content (AvgIpc) is 3.38. The number of aryl methyl sites for hydroxylation is 2. The summed E-state index contributed by atoms with van der Waals surface area (Å²) in [5, 5.41) is 9.89. The number of aromatic nitrogens is 3. The lowest BCUT2D eigenvalue weighted by Gasteiger charge is -2.08. The highest BCUT2D eigenvalue weighted by molar-refractivity contribution is 7.14. The Hall–Kier alpha value is -3.36. The second-order valence-electron chi connectivity index (χ2n) is 7.45. The summed E-state index contributed by atoms with van der Waals surface area (Å²) in [6.45, 7) is 4.27. The molecule has 0 unspecified atom stereocenters. The van der Waals surface area contributed by atoms with Crippen LogP contribution in [0.3, 0.4) is 0 Å². The van der Waals surface area contributed by atoms with Crippen LogP contribution in [0.15, 0.2) is 47.8 Å². The topological polar surface area (TPSA) is 78.3 Å². The number of carbonyl (C=O) groups is 1. The van der Waals surface area contributed by atoms with Crippen LogP contribution in [-0.2, 0) is 6.54 Å². The van der Waals surface area contributed by atoms with Crippen LogP contribution in [0.4, 0.5) is 5.13 Å². The van der Waals surface area contributed by atoms with Gasteiger partial charge in [-0.25, -0.2) is 9.67 Å². The van der Waals surface area contributed by atoms with Crippen LogP contribution < -0.4 is 14.8 Å². The predicted octanol–water partition coefficient (Wildman–Crippen LogP) is 5.59. The standard InChI is InChI=1S/C24H23ClN4O3S/c1-14-5-7-16(8-6-14)12-29-22(25)21(15(2)28-29)23(30)27-24-26-19(13-33-24)18-11-17(31-3)9-10-20(18)32-4/h5-11,13H,12H2,1-4H3,(H,26,27,30). The molecule has 0 saturated heterocycles. The van der Waals surface area contributed by atoms with E-state index < -0.39 is 0 Å². The van der Waals surface area contributed by atoms with Gasteiger partial charge in [0, 0.05) is 10.9 Å². The molecule has 0 radical (unpaired) electrons. The molecule has 2 aromatic heterocycles. The third kappa shape index (κ3) is 4.86. The Kier molecular flexibility index (Phi) is 6.67. The quantitative estimate of drug-likeness (QED) is 0.371. The molecule has 0 fully saturated rings. The summed E-state index contributed by atoms with van der Waals surface area (Å²) >= 11 is 7.85. The van der Waals surface area contributed by atoms with Crippen LogP contribution >= 0.6 is 22.9 Å². The molecule has 0 saturated carbocycles. The molecule has 1 N–H and O–H groups in total. The fraction of sp³-hybridized carbons (Fsp3) is 0.208. The van der Waals surface area contributed by atoms with Crippen molar-refractivity contribution in [1.82, 2.24) is 14.8 Å². The first-order chi connectivity index (χ1) is 15.9. The summed E-state index contributed by atoms with van der Waals surface area (Å²) in [5.74, 6) is 0.995. The van der Waals surface area contributed by atoms with Crippen molar-refractivity contribution in [2.24, 2.45) is 0 Å². The molecule has 170 valence electrons. The Morgan fingerprint density at radius 1 is 1.12 bits per heavy atom. The molecule has 0 bridgehead atoms. The van der Waals surface area contributed by atoms with E-state index in [4.69, 9.17) is 21.1 Å². The number of nitrogens with zero attached hydrogens (tertiary/aromatic N) is 3. The molecule has 4 rings (SSSR count). The maximum atomic E-state index is 13.0. The lowest BCUT2D eigenvalue weighted by atomic mass is 10.1. The highest BCUT2D eigenvalue weighted by atomic mass is 35.5. The van der Waals surface area contributed by atoms with E-state index in [1.807, 2.05) is 54.8 Å². The number of ether oxygens (including phenoxy) is 2. The minimum atomic E-state index is -0.355. The molecular formula is C24H23ClN4O3S. The van der Waals surface area contributed by atoms with E-state index in [9.17, 15) is 4.79 Å². The van der Waals surface area contributed by atoms with E-state index >= 15 is 0 Å². The van der Waals surface area contributed by atoms with Crippen molar-refractivity contribution < 1.29 is 14.3 Å². The fourth-order valence-electron chi connectivity index (χ4n) is 3.41. The number of nitrogens with one attached hydrogen (secondary N) is 1. The highest BCUT2D eigenvalue weighted by Gasteiger charge is 2.22. The van der Waals surface area contributed by atoms with E-state index in [1.54, 1.807) is 25.8 Å². The molecule has 7 nitrogen and oxygen atoms in total. The summed E-state index contributed by atoms with van der Waals surface area (Å²) in [6, 6.07) is 13.6. The SMILES string of the molecule is COc1ccc(OC)c(-c2csc(NC(=O)c3c(C)nn(Cc4ccc(C)cc4)c3Cl)n2)c1. The zero-order chi connectivity index (χ0) is 23.5.